The van der Waals surface area contributed by atoms with Gasteiger partial charge in [0.2, 0.25) is 5.91 Å². The molecule has 0 saturated heterocycles. The van der Waals surface area contributed by atoms with Crippen molar-refractivity contribution in [2.75, 3.05) is 13.2 Å². The summed E-state index contributed by atoms with van der Waals surface area (Å²) in [4.78, 5) is 39.7. The topological polar surface area (TPSA) is 90.3 Å². The highest BCUT2D eigenvalue weighted by Crippen LogP contribution is 2.23. The monoisotopic (exact) mass is 385 g/mol. The van der Waals surface area contributed by atoms with Crippen molar-refractivity contribution in [3.63, 3.8) is 0 Å². The largest absolute Gasteiger partial charge is 0.466 e. The maximum atomic E-state index is 12.4. The van der Waals surface area contributed by atoms with Gasteiger partial charge in [0.1, 0.15) is 6.54 Å². The number of fused-ring (bicyclic) bond motifs is 1. The third kappa shape index (κ3) is 5.17. The number of esters is 1. The summed E-state index contributed by atoms with van der Waals surface area (Å²) in [6, 6.07) is 2.96. The highest BCUT2D eigenvalue weighted by molar-refractivity contribution is 6.38. The van der Waals surface area contributed by atoms with Gasteiger partial charge in [0.25, 0.3) is 5.56 Å². The van der Waals surface area contributed by atoms with Gasteiger partial charge in [-0.1, -0.05) is 23.2 Å². The highest BCUT2D eigenvalue weighted by atomic mass is 35.5. The molecule has 0 aliphatic heterocycles. The Morgan fingerprint density at radius 2 is 2.08 bits per heavy atom. The van der Waals surface area contributed by atoms with Gasteiger partial charge in [0, 0.05) is 18.0 Å². The van der Waals surface area contributed by atoms with E-state index in [2.05, 4.69) is 10.3 Å². The summed E-state index contributed by atoms with van der Waals surface area (Å²) in [6.45, 7) is 2.18. The van der Waals surface area contributed by atoms with Gasteiger partial charge in [0.15, 0.2) is 0 Å². The van der Waals surface area contributed by atoms with Crippen molar-refractivity contribution in [2.24, 2.45) is 0 Å². The molecule has 1 aromatic heterocycles. The van der Waals surface area contributed by atoms with Gasteiger partial charge in [-0.15, -0.1) is 0 Å². The Bertz CT molecular complexity index is 851. The van der Waals surface area contributed by atoms with Gasteiger partial charge in [0.05, 0.1) is 28.9 Å². The highest BCUT2D eigenvalue weighted by Gasteiger charge is 2.11. The number of halogens is 2. The smallest absolute Gasteiger partial charge is 0.305 e. The molecule has 1 amide bonds. The molecule has 0 saturated carbocycles. The number of nitrogens with zero attached hydrogens (tertiary/aromatic N) is 2. The SMILES string of the molecule is CCOC(=O)CCCNC(=O)Cn1cnc2c(Cl)cc(Cl)cc2c1=O. The van der Waals surface area contributed by atoms with E-state index in [1.54, 1.807) is 6.92 Å². The molecule has 0 spiro atoms. The van der Waals surface area contributed by atoms with E-state index in [4.69, 9.17) is 27.9 Å². The van der Waals surface area contributed by atoms with Crippen molar-refractivity contribution in [3.05, 3.63) is 38.9 Å². The second-order valence-electron chi connectivity index (χ2n) is 5.22. The maximum absolute atomic E-state index is 12.4. The Morgan fingerprint density at radius 1 is 1.32 bits per heavy atom. The molecule has 0 aliphatic rings. The van der Waals surface area contributed by atoms with Crippen LogP contribution in [0.1, 0.15) is 19.8 Å². The minimum Gasteiger partial charge on any atom is -0.466 e. The van der Waals surface area contributed by atoms with E-state index in [1.165, 1.54) is 23.0 Å². The molecule has 0 fully saturated rings. The van der Waals surface area contributed by atoms with Crippen molar-refractivity contribution in [1.82, 2.24) is 14.9 Å². The standard InChI is InChI=1S/C16H17Cl2N3O4/c1-2-25-14(23)4-3-5-19-13(22)8-21-9-20-15-11(16(21)24)6-10(17)7-12(15)18/h6-7,9H,2-5,8H2,1H3,(H,19,22). The predicted octanol–water partition coefficient (Wildman–Crippen LogP) is 2.16. The number of rotatable bonds is 7. The molecule has 2 rings (SSSR count). The zero-order chi connectivity index (χ0) is 18.4. The van der Waals surface area contributed by atoms with Gasteiger partial charge in [-0.05, 0) is 25.5 Å². The van der Waals surface area contributed by atoms with E-state index in [-0.39, 0.29) is 35.3 Å². The number of carbonyl (C=O) groups excluding carboxylic acids is 2. The lowest BCUT2D eigenvalue weighted by molar-refractivity contribution is -0.143. The average Bonchev–Trinajstić information content (AvgIpc) is 2.55. The van der Waals surface area contributed by atoms with Crippen LogP contribution >= 0.6 is 23.2 Å². The minimum absolute atomic E-state index is 0.189. The van der Waals surface area contributed by atoms with Crippen molar-refractivity contribution in [3.8, 4) is 0 Å². The number of carbonyl (C=O) groups is 2. The van der Waals surface area contributed by atoms with Gasteiger partial charge in [-0.3, -0.25) is 19.0 Å². The first-order chi connectivity index (χ1) is 11.9. The lowest BCUT2D eigenvalue weighted by Gasteiger charge is -2.08. The molecular formula is C16H17Cl2N3O4. The van der Waals surface area contributed by atoms with Crippen LogP contribution in [0, 0.1) is 0 Å². The van der Waals surface area contributed by atoms with Crippen LogP contribution in [0.5, 0.6) is 0 Å². The van der Waals surface area contributed by atoms with E-state index in [0.717, 1.165) is 0 Å². The molecule has 0 aliphatic carbocycles. The Morgan fingerprint density at radius 3 is 2.80 bits per heavy atom. The van der Waals surface area contributed by atoms with Crippen LogP contribution in [0.15, 0.2) is 23.3 Å². The van der Waals surface area contributed by atoms with Crippen LogP contribution in [0.2, 0.25) is 10.0 Å². The van der Waals surface area contributed by atoms with Crippen molar-refractivity contribution < 1.29 is 14.3 Å². The second kappa shape index (κ2) is 8.82. The average molecular weight is 386 g/mol. The lowest BCUT2D eigenvalue weighted by atomic mass is 10.2. The van der Waals surface area contributed by atoms with Crippen LogP contribution in [0.25, 0.3) is 10.9 Å². The molecule has 2 aromatic rings. The molecule has 7 nitrogen and oxygen atoms in total. The third-order valence-corrected chi connectivity index (χ3v) is 3.85. The van der Waals surface area contributed by atoms with Crippen LogP contribution < -0.4 is 10.9 Å². The number of ether oxygens (including phenoxy) is 1. The number of benzene rings is 1. The summed E-state index contributed by atoms with van der Waals surface area (Å²) in [5.41, 5.74) is -0.0711. The molecule has 134 valence electrons. The fourth-order valence-electron chi connectivity index (χ4n) is 2.21. The Labute approximate surface area is 153 Å². The van der Waals surface area contributed by atoms with E-state index >= 15 is 0 Å². The molecule has 1 aromatic carbocycles. The number of aromatic nitrogens is 2. The normalized spacial score (nSPS) is 10.7. The Balaban J connectivity index is 1.98. The van der Waals surface area contributed by atoms with Crippen LogP contribution in [0.3, 0.4) is 0 Å². The summed E-state index contributed by atoms with van der Waals surface area (Å²) in [5.74, 6) is -0.666. The van der Waals surface area contributed by atoms with E-state index in [0.29, 0.717) is 30.1 Å². The summed E-state index contributed by atoms with van der Waals surface area (Å²) in [6.07, 6.45) is 1.95. The zero-order valence-electron chi connectivity index (χ0n) is 13.6. The molecule has 1 heterocycles. The third-order valence-electron chi connectivity index (χ3n) is 3.34. The van der Waals surface area contributed by atoms with Gasteiger partial charge in [-0.2, -0.15) is 0 Å². The first-order valence-electron chi connectivity index (χ1n) is 7.69. The van der Waals surface area contributed by atoms with E-state index in [9.17, 15) is 14.4 Å². The first kappa shape index (κ1) is 19.2. The second-order valence-corrected chi connectivity index (χ2v) is 6.06. The molecule has 1 N–H and O–H groups in total. The number of hydrogen-bond acceptors (Lipinski definition) is 5. The van der Waals surface area contributed by atoms with Crippen molar-refractivity contribution >= 4 is 46.0 Å². The van der Waals surface area contributed by atoms with E-state index < -0.39 is 5.56 Å². The van der Waals surface area contributed by atoms with Gasteiger partial charge >= 0.3 is 5.97 Å². The predicted molar refractivity (Wildman–Crippen MR) is 94.9 cm³/mol. The zero-order valence-corrected chi connectivity index (χ0v) is 15.1. The molecular weight excluding hydrogens is 369 g/mol. The van der Waals surface area contributed by atoms with E-state index in [1.807, 2.05) is 0 Å². The lowest BCUT2D eigenvalue weighted by Crippen LogP contribution is -2.33. The maximum Gasteiger partial charge on any atom is 0.305 e. The van der Waals surface area contributed by atoms with Gasteiger partial charge < -0.3 is 10.1 Å². The minimum atomic E-state index is -0.406. The van der Waals surface area contributed by atoms with Crippen molar-refractivity contribution in [2.45, 2.75) is 26.3 Å². The molecule has 0 atom stereocenters. The Hall–Kier alpha value is -2.12. The van der Waals surface area contributed by atoms with Crippen LogP contribution in [0.4, 0.5) is 0 Å². The number of hydrogen-bond donors (Lipinski definition) is 1. The fourth-order valence-corrected chi connectivity index (χ4v) is 2.75. The summed E-state index contributed by atoms with van der Waals surface area (Å²) < 4.78 is 5.97. The number of amides is 1. The molecule has 0 bridgehead atoms. The quantitative estimate of drug-likeness (QED) is 0.582. The molecule has 0 radical (unpaired) electrons. The summed E-state index contributed by atoms with van der Waals surface area (Å²) in [5, 5.41) is 3.48. The fraction of sp³-hybridized carbons (Fsp3) is 0.375. The molecule has 25 heavy (non-hydrogen) atoms. The van der Waals surface area contributed by atoms with Crippen LogP contribution in [-0.4, -0.2) is 34.6 Å². The first-order valence-corrected chi connectivity index (χ1v) is 8.44. The summed E-state index contributed by atoms with van der Waals surface area (Å²) in [7, 11) is 0. The van der Waals surface area contributed by atoms with Crippen molar-refractivity contribution in [1.29, 1.82) is 0 Å². The Kier molecular flexibility index (Phi) is 6.78. The van der Waals surface area contributed by atoms with Crippen LogP contribution in [-0.2, 0) is 20.9 Å². The number of nitrogens with one attached hydrogen (secondary N) is 1. The molecule has 0 unspecified atom stereocenters. The molecule has 9 heteroatoms. The van der Waals surface area contributed by atoms with Gasteiger partial charge in [-0.25, -0.2) is 4.98 Å². The summed E-state index contributed by atoms with van der Waals surface area (Å²) >= 11 is 11.9.